The Balaban J connectivity index is 1.89. The molecule has 1 N–H and O–H groups in total. The summed E-state index contributed by atoms with van der Waals surface area (Å²) in [4.78, 5) is 25.9. The second-order valence-electron chi connectivity index (χ2n) is 5.93. The molecular weight excluding hydrogens is 272 g/mol. The van der Waals surface area contributed by atoms with Crippen molar-refractivity contribution >= 4 is 11.8 Å². The fourth-order valence-electron chi connectivity index (χ4n) is 2.45. The Kier molecular flexibility index (Phi) is 4.37. The van der Waals surface area contributed by atoms with Gasteiger partial charge in [-0.1, -0.05) is 0 Å². The number of hydrogen-bond donors (Lipinski definition) is 1. The topological polar surface area (TPSA) is 71.8 Å². The van der Waals surface area contributed by atoms with Crippen molar-refractivity contribution in [2.45, 2.75) is 33.3 Å². The van der Waals surface area contributed by atoms with E-state index in [1.165, 1.54) is 0 Å². The Hall–Kier alpha value is -1.82. The summed E-state index contributed by atoms with van der Waals surface area (Å²) in [5.74, 6) is 0.853. The Morgan fingerprint density at radius 3 is 2.67 bits per heavy atom. The number of hydrogen-bond acceptors (Lipinski definition) is 4. The number of carbonyl (C=O) groups excluding carboxylic acids is 2. The molecule has 0 saturated carbocycles. The Morgan fingerprint density at radius 1 is 1.38 bits per heavy atom. The van der Waals surface area contributed by atoms with Gasteiger partial charge >= 0.3 is 0 Å². The molecule has 0 bridgehead atoms. The molecule has 6 nitrogen and oxygen atoms in total. The molecule has 1 aromatic heterocycles. The van der Waals surface area contributed by atoms with E-state index in [-0.39, 0.29) is 24.0 Å². The number of nitrogens with zero attached hydrogens (tertiary/aromatic N) is 1. The van der Waals surface area contributed by atoms with Crippen molar-refractivity contribution in [2.24, 2.45) is 0 Å². The summed E-state index contributed by atoms with van der Waals surface area (Å²) in [6, 6.07) is 1.67. The van der Waals surface area contributed by atoms with E-state index >= 15 is 0 Å². The van der Waals surface area contributed by atoms with Crippen molar-refractivity contribution < 1.29 is 18.7 Å². The average molecular weight is 294 g/mol. The predicted octanol–water partition coefficient (Wildman–Crippen LogP) is 1.26. The average Bonchev–Trinajstić information content (AvgIpc) is 2.73. The molecule has 0 unspecified atom stereocenters. The zero-order valence-electron chi connectivity index (χ0n) is 13.0. The lowest BCUT2D eigenvalue weighted by atomic mass is 10.1. The number of nitrogens with one attached hydrogen (secondary N) is 1. The van der Waals surface area contributed by atoms with Crippen LogP contribution in [0.25, 0.3) is 0 Å². The molecule has 6 heteroatoms. The van der Waals surface area contributed by atoms with Gasteiger partial charge in [-0.25, -0.2) is 0 Å². The molecule has 116 valence electrons. The van der Waals surface area contributed by atoms with Crippen LogP contribution in [0.2, 0.25) is 0 Å². The molecule has 2 heterocycles. The first kappa shape index (κ1) is 15.6. The van der Waals surface area contributed by atoms with E-state index in [0.717, 1.165) is 0 Å². The SMILES string of the molecule is Cc1cc(C(=O)NCC(=O)N2CCOC(C)(C)C2)c(C)o1. The van der Waals surface area contributed by atoms with E-state index in [1.807, 2.05) is 13.8 Å². The summed E-state index contributed by atoms with van der Waals surface area (Å²) in [6.07, 6.45) is 0. The van der Waals surface area contributed by atoms with Gasteiger partial charge in [0.15, 0.2) is 0 Å². The second-order valence-corrected chi connectivity index (χ2v) is 5.93. The van der Waals surface area contributed by atoms with Gasteiger partial charge in [0.25, 0.3) is 5.91 Å². The minimum absolute atomic E-state index is 0.0153. The van der Waals surface area contributed by atoms with Crippen molar-refractivity contribution in [3.8, 4) is 0 Å². The first-order valence-corrected chi connectivity index (χ1v) is 7.05. The van der Waals surface area contributed by atoms with E-state index in [9.17, 15) is 9.59 Å². The summed E-state index contributed by atoms with van der Waals surface area (Å²) >= 11 is 0. The smallest absolute Gasteiger partial charge is 0.255 e. The van der Waals surface area contributed by atoms with Crippen LogP contribution in [-0.4, -0.2) is 48.6 Å². The summed E-state index contributed by atoms with van der Waals surface area (Å²) in [5.41, 5.74) is 0.138. The minimum Gasteiger partial charge on any atom is -0.466 e. The molecule has 1 aliphatic heterocycles. The van der Waals surface area contributed by atoms with Gasteiger partial charge in [-0.15, -0.1) is 0 Å². The Bertz CT molecular complexity index is 548. The van der Waals surface area contributed by atoms with E-state index in [1.54, 1.807) is 24.8 Å². The number of amides is 2. The van der Waals surface area contributed by atoms with Crippen molar-refractivity contribution in [1.82, 2.24) is 10.2 Å². The molecule has 0 atom stereocenters. The molecule has 2 amide bonds. The highest BCUT2D eigenvalue weighted by Crippen LogP contribution is 2.16. The van der Waals surface area contributed by atoms with Crippen LogP contribution in [0.15, 0.2) is 10.5 Å². The highest BCUT2D eigenvalue weighted by molar-refractivity contribution is 5.97. The summed E-state index contributed by atoms with van der Waals surface area (Å²) in [6.45, 7) is 9.00. The highest BCUT2D eigenvalue weighted by Gasteiger charge is 2.30. The van der Waals surface area contributed by atoms with Crippen LogP contribution in [0.3, 0.4) is 0 Å². The molecule has 1 aromatic rings. The number of ether oxygens (including phenoxy) is 1. The molecule has 2 rings (SSSR count). The number of aryl methyl sites for hydroxylation is 2. The van der Waals surface area contributed by atoms with E-state index < -0.39 is 0 Å². The van der Waals surface area contributed by atoms with Gasteiger partial charge < -0.3 is 19.4 Å². The van der Waals surface area contributed by atoms with Crippen LogP contribution in [0.4, 0.5) is 0 Å². The third-order valence-corrected chi connectivity index (χ3v) is 3.46. The van der Waals surface area contributed by atoms with Crippen molar-refractivity contribution in [3.63, 3.8) is 0 Å². The number of furan rings is 1. The van der Waals surface area contributed by atoms with Crippen LogP contribution in [0.5, 0.6) is 0 Å². The van der Waals surface area contributed by atoms with Crippen molar-refractivity contribution in [1.29, 1.82) is 0 Å². The fourth-order valence-corrected chi connectivity index (χ4v) is 2.45. The van der Waals surface area contributed by atoms with Gasteiger partial charge in [0, 0.05) is 13.1 Å². The van der Waals surface area contributed by atoms with Crippen LogP contribution in [0, 0.1) is 13.8 Å². The van der Waals surface area contributed by atoms with E-state index in [4.69, 9.17) is 9.15 Å². The number of rotatable bonds is 3. The maximum Gasteiger partial charge on any atom is 0.255 e. The minimum atomic E-state index is -0.337. The van der Waals surface area contributed by atoms with Crippen LogP contribution >= 0.6 is 0 Å². The third-order valence-electron chi connectivity index (χ3n) is 3.46. The first-order chi connectivity index (χ1) is 9.78. The standard InChI is InChI=1S/C15H22N2O4/c1-10-7-12(11(2)21-10)14(19)16-8-13(18)17-5-6-20-15(3,4)9-17/h7H,5-6,8-9H2,1-4H3,(H,16,19). The van der Waals surface area contributed by atoms with Crippen molar-refractivity contribution in [2.75, 3.05) is 26.2 Å². The van der Waals surface area contributed by atoms with Crippen LogP contribution in [0.1, 0.15) is 35.7 Å². The maximum atomic E-state index is 12.1. The summed E-state index contributed by atoms with van der Waals surface area (Å²) in [7, 11) is 0. The fraction of sp³-hybridized carbons (Fsp3) is 0.600. The monoisotopic (exact) mass is 294 g/mol. The normalized spacial score (nSPS) is 17.6. The molecule has 1 aliphatic rings. The molecule has 21 heavy (non-hydrogen) atoms. The van der Waals surface area contributed by atoms with Crippen LogP contribution < -0.4 is 5.32 Å². The quantitative estimate of drug-likeness (QED) is 0.911. The maximum absolute atomic E-state index is 12.1. The van der Waals surface area contributed by atoms with Crippen LogP contribution in [-0.2, 0) is 9.53 Å². The third kappa shape index (κ3) is 3.85. The molecule has 1 fully saturated rings. The first-order valence-electron chi connectivity index (χ1n) is 7.05. The predicted molar refractivity (Wildman–Crippen MR) is 77.1 cm³/mol. The zero-order valence-corrected chi connectivity index (χ0v) is 13.0. The molecule has 0 aromatic carbocycles. The largest absolute Gasteiger partial charge is 0.466 e. The number of morpholine rings is 1. The molecular formula is C15H22N2O4. The number of carbonyl (C=O) groups is 2. The van der Waals surface area contributed by atoms with Gasteiger partial charge in [-0.2, -0.15) is 0 Å². The zero-order chi connectivity index (χ0) is 15.6. The Morgan fingerprint density at radius 2 is 2.10 bits per heavy atom. The van der Waals surface area contributed by atoms with Gasteiger partial charge in [0.05, 0.1) is 24.3 Å². The van der Waals surface area contributed by atoms with Gasteiger partial charge in [-0.3, -0.25) is 9.59 Å². The van der Waals surface area contributed by atoms with E-state index in [2.05, 4.69) is 5.32 Å². The van der Waals surface area contributed by atoms with Gasteiger partial charge in [0.2, 0.25) is 5.91 Å². The van der Waals surface area contributed by atoms with Gasteiger partial charge in [-0.05, 0) is 33.8 Å². The Labute approximate surface area is 124 Å². The van der Waals surface area contributed by atoms with E-state index in [0.29, 0.717) is 36.8 Å². The molecule has 0 radical (unpaired) electrons. The lowest BCUT2D eigenvalue weighted by Gasteiger charge is -2.38. The second kappa shape index (κ2) is 5.89. The molecule has 1 saturated heterocycles. The lowest BCUT2D eigenvalue weighted by molar-refractivity contribution is -0.144. The van der Waals surface area contributed by atoms with Gasteiger partial charge in [0.1, 0.15) is 11.5 Å². The van der Waals surface area contributed by atoms with Crippen molar-refractivity contribution in [3.05, 3.63) is 23.2 Å². The molecule has 0 spiro atoms. The lowest BCUT2D eigenvalue weighted by Crippen LogP contribution is -2.52. The molecule has 0 aliphatic carbocycles. The summed E-state index contributed by atoms with van der Waals surface area (Å²) < 4.78 is 10.9. The summed E-state index contributed by atoms with van der Waals surface area (Å²) in [5, 5.41) is 2.65. The highest BCUT2D eigenvalue weighted by atomic mass is 16.5.